The zero-order valence-electron chi connectivity index (χ0n) is 38.0. The van der Waals surface area contributed by atoms with Gasteiger partial charge in [-0.2, -0.15) is 0 Å². The SMILES string of the molecule is COCCOCC(=O)NCCCC[C@H](NC(=O)CCCN1C(=O)C=CC1=O)C(=O)NCCCC(=O)Nc1cc(C[C@@H](CC(C)C(=O)OC(C)(C)C)NC(=O)OC(C)(C)C)ccc1O. The van der Waals surface area contributed by atoms with E-state index in [0.29, 0.717) is 31.6 Å². The fraction of sp³-hybridized carbons (Fsp3) is 0.636. The number of alkyl carbamates (subject to hydrolysis) is 1. The summed E-state index contributed by atoms with van der Waals surface area (Å²) >= 11 is 0. The predicted molar refractivity (Wildman–Crippen MR) is 232 cm³/mol. The number of rotatable bonds is 27. The molecule has 352 valence electrons. The lowest BCUT2D eigenvalue weighted by molar-refractivity contribution is -0.159. The normalized spacial score (nSPS) is 14.1. The lowest BCUT2D eigenvalue weighted by Gasteiger charge is -2.27. The van der Waals surface area contributed by atoms with Crippen molar-refractivity contribution in [1.29, 1.82) is 0 Å². The van der Waals surface area contributed by atoms with E-state index in [-0.39, 0.29) is 88.6 Å². The average Bonchev–Trinajstić information content (AvgIpc) is 3.49. The number of amides is 7. The van der Waals surface area contributed by atoms with Gasteiger partial charge in [0.25, 0.3) is 11.8 Å². The largest absolute Gasteiger partial charge is 0.506 e. The molecule has 19 nitrogen and oxygen atoms in total. The number of phenols is 1. The van der Waals surface area contributed by atoms with Crippen LogP contribution < -0.4 is 26.6 Å². The highest BCUT2D eigenvalue weighted by Gasteiger charge is 2.28. The molecule has 63 heavy (non-hydrogen) atoms. The van der Waals surface area contributed by atoms with Gasteiger partial charge in [-0.05, 0) is 104 Å². The number of imide groups is 1. The van der Waals surface area contributed by atoms with E-state index in [9.17, 15) is 43.5 Å². The van der Waals surface area contributed by atoms with Gasteiger partial charge < -0.3 is 50.6 Å². The van der Waals surface area contributed by atoms with Gasteiger partial charge >= 0.3 is 12.1 Å². The molecular weight excluding hydrogens is 821 g/mol. The molecule has 0 saturated carbocycles. The van der Waals surface area contributed by atoms with Crippen LogP contribution in [0.2, 0.25) is 0 Å². The maximum absolute atomic E-state index is 13.3. The zero-order chi connectivity index (χ0) is 47.2. The molecule has 0 fully saturated rings. The third kappa shape index (κ3) is 22.9. The van der Waals surface area contributed by atoms with Gasteiger partial charge in [0.1, 0.15) is 29.6 Å². The van der Waals surface area contributed by atoms with E-state index in [1.54, 1.807) is 60.6 Å². The molecule has 3 atom stereocenters. The first kappa shape index (κ1) is 53.6. The second-order valence-corrected chi connectivity index (χ2v) is 17.3. The highest BCUT2D eigenvalue weighted by atomic mass is 16.6. The van der Waals surface area contributed by atoms with Gasteiger partial charge in [-0.15, -0.1) is 0 Å². The molecule has 1 heterocycles. The molecule has 0 aromatic heterocycles. The number of ether oxygens (including phenoxy) is 4. The van der Waals surface area contributed by atoms with Crippen LogP contribution in [0.5, 0.6) is 5.75 Å². The number of anilines is 1. The molecular formula is C44H68N6O13. The van der Waals surface area contributed by atoms with Crippen LogP contribution in [0.4, 0.5) is 10.5 Å². The number of benzene rings is 1. The van der Waals surface area contributed by atoms with Crippen LogP contribution in [0, 0.1) is 5.92 Å². The van der Waals surface area contributed by atoms with Crippen molar-refractivity contribution in [2.24, 2.45) is 5.92 Å². The Morgan fingerprint density at radius 2 is 1.43 bits per heavy atom. The van der Waals surface area contributed by atoms with E-state index >= 15 is 0 Å². The van der Waals surface area contributed by atoms with Crippen molar-refractivity contribution in [2.45, 2.75) is 130 Å². The van der Waals surface area contributed by atoms with Crippen LogP contribution in [0.25, 0.3) is 0 Å². The monoisotopic (exact) mass is 888 g/mol. The number of aromatic hydroxyl groups is 1. The summed E-state index contributed by atoms with van der Waals surface area (Å²) in [7, 11) is 1.53. The second-order valence-electron chi connectivity index (χ2n) is 17.3. The lowest BCUT2D eigenvalue weighted by atomic mass is 9.95. The van der Waals surface area contributed by atoms with Gasteiger partial charge in [0.15, 0.2) is 0 Å². The summed E-state index contributed by atoms with van der Waals surface area (Å²) in [6, 6.07) is 3.12. The molecule has 2 rings (SSSR count). The maximum Gasteiger partial charge on any atom is 0.407 e. The quantitative estimate of drug-likeness (QED) is 0.0322. The molecule has 1 aliphatic heterocycles. The molecule has 7 amide bonds. The van der Waals surface area contributed by atoms with Crippen molar-refractivity contribution in [3.05, 3.63) is 35.9 Å². The zero-order valence-corrected chi connectivity index (χ0v) is 38.0. The Hall–Kier alpha value is -5.56. The highest BCUT2D eigenvalue weighted by Crippen LogP contribution is 2.26. The van der Waals surface area contributed by atoms with Crippen molar-refractivity contribution in [2.75, 3.05) is 51.9 Å². The topological polar surface area (TPSA) is 257 Å². The summed E-state index contributed by atoms with van der Waals surface area (Å²) in [5.41, 5.74) is -0.681. The number of hydrogen-bond acceptors (Lipinski definition) is 13. The van der Waals surface area contributed by atoms with Crippen molar-refractivity contribution in [3.8, 4) is 5.75 Å². The number of phenolic OH excluding ortho intramolecular Hbond substituents is 1. The minimum Gasteiger partial charge on any atom is -0.506 e. The summed E-state index contributed by atoms with van der Waals surface area (Å²) in [6.07, 6.45) is 3.67. The number of unbranched alkanes of at least 4 members (excludes halogenated alkanes) is 1. The molecule has 0 bridgehead atoms. The Bertz CT molecular complexity index is 1740. The number of hydrogen-bond donors (Lipinski definition) is 6. The first-order valence-corrected chi connectivity index (χ1v) is 21.3. The summed E-state index contributed by atoms with van der Waals surface area (Å²) < 4.78 is 21.1. The second kappa shape index (κ2) is 26.8. The molecule has 1 aromatic rings. The van der Waals surface area contributed by atoms with Gasteiger partial charge in [0.05, 0.1) is 24.8 Å². The summed E-state index contributed by atoms with van der Waals surface area (Å²) in [5, 5.41) is 24.3. The van der Waals surface area contributed by atoms with E-state index in [2.05, 4.69) is 26.6 Å². The fourth-order valence-corrected chi connectivity index (χ4v) is 6.13. The van der Waals surface area contributed by atoms with Crippen molar-refractivity contribution >= 4 is 53.2 Å². The summed E-state index contributed by atoms with van der Waals surface area (Å²) in [6.45, 7) is 13.2. The molecule has 6 N–H and O–H groups in total. The first-order valence-electron chi connectivity index (χ1n) is 21.3. The molecule has 19 heteroatoms. The van der Waals surface area contributed by atoms with Crippen LogP contribution >= 0.6 is 0 Å². The molecule has 0 saturated heterocycles. The smallest absolute Gasteiger partial charge is 0.407 e. The lowest BCUT2D eigenvalue weighted by Crippen LogP contribution is -2.47. The number of carbonyl (C=O) groups is 8. The Kier molecular flexibility index (Phi) is 22.8. The summed E-state index contributed by atoms with van der Waals surface area (Å²) in [4.78, 5) is 101. The first-order chi connectivity index (χ1) is 29.6. The number of methoxy groups -OCH3 is 1. The molecule has 0 aliphatic carbocycles. The standard InChI is InChI=1S/C44H68N6O13/c1-29(41(58)62-43(2,3)4)25-31(47-42(59)63-44(5,6)7)26-30-16-17-34(51)33(27-30)49-35(52)14-11-21-46-40(57)32(13-9-10-20-45-37(54)28-61-24-23-60-8)48-36(53)15-12-22-50-38(55)18-19-39(50)56/h16-19,27,29,31-32,51H,9-15,20-26,28H2,1-8H3,(H,45,54)(H,46,57)(H,47,59)(H,48,53)(H,49,52)/t29?,31-,32+/m1/s1. The number of nitrogens with zero attached hydrogens (tertiary/aromatic N) is 1. The highest BCUT2D eigenvalue weighted by molar-refractivity contribution is 6.12. The van der Waals surface area contributed by atoms with E-state index in [0.717, 1.165) is 17.1 Å². The molecule has 0 radical (unpaired) electrons. The van der Waals surface area contributed by atoms with Crippen LogP contribution in [0.3, 0.4) is 0 Å². The number of esters is 1. The molecule has 1 aromatic carbocycles. The number of carbonyl (C=O) groups excluding carboxylic acids is 8. The van der Waals surface area contributed by atoms with Crippen molar-refractivity contribution in [1.82, 2.24) is 26.2 Å². The Morgan fingerprint density at radius 1 is 0.778 bits per heavy atom. The van der Waals surface area contributed by atoms with E-state index in [4.69, 9.17) is 18.9 Å². The fourth-order valence-electron chi connectivity index (χ4n) is 6.13. The average molecular weight is 889 g/mol. The minimum atomic E-state index is -0.934. The van der Waals surface area contributed by atoms with Gasteiger partial charge in [0, 0.05) is 57.8 Å². The molecule has 0 spiro atoms. The van der Waals surface area contributed by atoms with Gasteiger partial charge in [0.2, 0.25) is 23.6 Å². The summed E-state index contributed by atoms with van der Waals surface area (Å²) in [5.74, 6) is -3.76. The van der Waals surface area contributed by atoms with Gasteiger partial charge in [-0.1, -0.05) is 13.0 Å². The molecule has 1 unspecified atom stereocenters. The minimum absolute atomic E-state index is 0.0329. The van der Waals surface area contributed by atoms with Crippen LogP contribution in [-0.2, 0) is 58.9 Å². The Morgan fingerprint density at radius 3 is 2.08 bits per heavy atom. The van der Waals surface area contributed by atoms with E-state index in [1.165, 1.54) is 13.2 Å². The Balaban J connectivity index is 1.98. The van der Waals surface area contributed by atoms with E-state index in [1.807, 2.05) is 0 Å². The van der Waals surface area contributed by atoms with Crippen LogP contribution in [0.1, 0.15) is 105 Å². The van der Waals surface area contributed by atoms with Crippen LogP contribution in [-0.4, -0.2) is 127 Å². The Labute approximate surface area is 370 Å². The van der Waals surface area contributed by atoms with Crippen LogP contribution in [0.15, 0.2) is 30.4 Å². The third-order valence-corrected chi connectivity index (χ3v) is 9.11. The third-order valence-electron chi connectivity index (χ3n) is 9.11. The van der Waals surface area contributed by atoms with Gasteiger partial charge in [-0.3, -0.25) is 38.5 Å². The number of nitrogens with one attached hydrogen (secondary N) is 5. The van der Waals surface area contributed by atoms with Gasteiger partial charge in [-0.25, -0.2) is 4.79 Å². The predicted octanol–water partition coefficient (Wildman–Crippen LogP) is 3.17. The van der Waals surface area contributed by atoms with Crippen molar-refractivity contribution in [3.63, 3.8) is 0 Å². The maximum atomic E-state index is 13.3. The molecule has 1 aliphatic rings. The van der Waals surface area contributed by atoms with E-state index < -0.39 is 70.8 Å². The van der Waals surface area contributed by atoms with Crippen molar-refractivity contribution < 1.29 is 62.4 Å².